The molecule has 1 aliphatic heterocycles. The number of carbonyl (C=O) groups is 1. The van der Waals surface area contributed by atoms with Crippen LogP contribution < -0.4 is 10.6 Å². The number of nitrogens with one attached hydrogen (secondary N) is 3. The molecular weight excluding hydrogens is 462 g/mol. The molecular formula is C29H43N7O. The van der Waals surface area contributed by atoms with E-state index in [-0.39, 0.29) is 0 Å². The molecule has 0 radical (unpaired) electrons. The van der Waals surface area contributed by atoms with Gasteiger partial charge in [0.25, 0.3) is 0 Å². The molecule has 2 aromatic heterocycles. The molecule has 3 heterocycles. The zero-order chi connectivity index (χ0) is 25.0. The maximum Gasteiger partial charge on any atom is 0.224 e. The summed E-state index contributed by atoms with van der Waals surface area (Å²) in [7, 11) is 0. The Morgan fingerprint density at radius 3 is 2.57 bits per heavy atom. The Morgan fingerprint density at radius 2 is 1.76 bits per heavy atom. The van der Waals surface area contributed by atoms with Crippen molar-refractivity contribution in [1.29, 1.82) is 0 Å². The average molecular weight is 506 g/mol. The number of carbonyl (C=O) groups excluding carboxylic acids is 1. The summed E-state index contributed by atoms with van der Waals surface area (Å²) in [4.78, 5) is 24.6. The van der Waals surface area contributed by atoms with Gasteiger partial charge in [0.15, 0.2) is 5.82 Å². The number of hydrogen-bond acceptors (Lipinski definition) is 7. The number of aromatic nitrogens is 4. The van der Waals surface area contributed by atoms with Gasteiger partial charge in [-0.15, -0.1) is 0 Å². The summed E-state index contributed by atoms with van der Waals surface area (Å²) < 4.78 is 0. The molecule has 0 bridgehead atoms. The minimum atomic E-state index is 0.367. The lowest BCUT2D eigenvalue weighted by Crippen LogP contribution is -2.37. The number of hydrogen-bond donors (Lipinski definition) is 3. The Labute approximate surface area is 220 Å². The van der Waals surface area contributed by atoms with Crippen molar-refractivity contribution in [2.75, 3.05) is 23.7 Å². The maximum atomic E-state index is 12.8. The second kappa shape index (κ2) is 11.5. The summed E-state index contributed by atoms with van der Waals surface area (Å²) >= 11 is 0. The number of piperidine rings is 1. The second-order valence-corrected chi connectivity index (χ2v) is 12.1. The zero-order valence-electron chi connectivity index (χ0n) is 22.1. The fourth-order valence-electron chi connectivity index (χ4n) is 6.93. The van der Waals surface area contributed by atoms with Crippen LogP contribution in [0.1, 0.15) is 102 Å². The average Bonchev–Trinajstić information content (AvgIpc) is 3.41. The second-order valence-electron chi connectivity index (χ2n) is 12.1. The first-order chi connectivity index (χ1) is 18.2. The van der Waals surface area contributed by atoms with Gasteiger partial charge in [0.1, 0.15) is 11.6 Å². The quantitative estimate of drug-likeness (QED) is 0.375. The van der Waals surface area contributed by atoms with E-state index in [4.69, 9.17) is 0 Å². The van der Waals surface area contributed by atoms with E-state index in [0.717, 1.165) is 62.7 Å². The van der Waals surface area contributed by atoms with Crippen LogP contribution in [0.25, 0.3) is 0 Å². The molecule has 3 aliphatic carbocycles. The summed E-state index contributed by atoms with van der Waals surface area (Å²) in [5, 5.41) is 14.5. The summed E-state index contributed by atoms with van der Waals surface area (Å²) in [6, 6.07) is 5.20. The minimum Gasteiger partial charge on any atom is -0.351 e. The van der Waals surface area contributed by atoms with Gasteiger partial charge < -0.3 is 15.5 Å². The fraction of sp³-hybridized carbons (Fsp3) is 0.724. The van der Waals surface area contributed by atoms with Crippen LogP contribution in [0.4, 0.5) is 17.6 Å². The van der Waals surface area contributed by atoms with E-state index in [2.05, 4.69) is 41.8 Å². The summed E-state index contributed by atoms with van der Waals surface area (Å²) in [5.74, 6) is 4.46. The van der Waals surface area contributed by atoms with Crippen molar-refractivity contribution in [2.45, 2.75) is 108 Å². The highest BCUT2D eigenvalue weighted by Crippen LogP contribution is 2.35. The molecule has 3 saturated carbocycles. The molecule has 0 spiro atoms. The molecule has 4 fully saturated rings. The van der Waals surface area contributed by atoms with E-state index >= 15 is 0 Å². The third-order valence-electron chi connectivity index (χ3n) is 9.13. The molecule has 0 aromatic carbocycles. The van der Waals surface area contributed by atoms with Crippen LogP contribution in [0, 0.1) is 11.8 Å². The van der Waals surface area contributed by atoms with Gasteiger partial charge in [-0.1, -0.05) is 12.8 Å². The lowest BCUT2D eigenvalue weighted by atomic mass is 9.81. The van der Waals surface area contributed by atoms with Crippen molar-refractivity contribution in [1.82, 2.24) is 25.1 Å². The molecule has 1 unspecified atom stereocenters. The number of H-pyrrole nitrogens is 1. The number of likely N-dealkylation sites (tertiary alicyclic amines) is 1. The molecule has 3 N–H and O–H groups in total. The van der Waals surface area contributed by atoms with Crippen LogP contribution in [-0.2, 0) is 4.79 Å². The van der Waals surface area contributed by atoms with Crippen LogP contribution in [-0.4, -0.2) is 56.0 Å². The summed E-state index contributed by atoms with van der Waals surface area (Å²) in [6.07, 6.45) is 18.1. The highest BCUT2D eigenvalue weighted by Gasteiger charge is 2.33. The Balaban J connectivity index is 0.933. The first-order valence-corrected chi connectivity index (χ1v) is 14.9. The normalized spacial score (nSPS) is 27.3. The van der Waals surface area contributed by atoms with Crippen molar-refractivity contribution in [2.24, 2.45) is 11.8 Å². The standard InChI is InChI=1S/C29H43N7O/c37-25(17-21-4-3-15-36(19-21)24-11-12-24)16-20-7-9-23(10-8-20)31-29-30-14-13-27(33-29)32-28-18-26(34-35-28)22-5-1-2-6-22/h13-14,18,20-24H,1-12,15-17,19H2,(H3,30,31,32,33,34,35). The van der Waals surface area contributed by atoms with Gasteiger partial charge in [-0.05, 0) is 88.7 Å². The molecule has 37 heavy (non-hydrogen) atoms. The Kier molecular flexibility index (Phi) is 7.72. The van der Waals surface area contributed by atoms with Gasteiger partial charge in [0.05, 0.1) is 0 Å². The predicted octanol–water partition coefficient (Wildman–Crippen LogP) is 5.80. The number of nitrogens with zero attached hydrogens (tertiary/aromatic N) is 4. The van der Waals surface area contributed by atoms with E-state index in [0.29, 0.717) is 35.5 Å². The first kappa shape index (κ1) is 24.8. The lowest BCUT2D eigenvalue weighted by Gasteiger charge is -2.33. The highest BCUT2D eigenvalue weighted by molar-refractivity contribution is 5.79. The Bertz CT molecular complexity index is 1040. The largest absolute Gasteiger partial charge is 0.351 e. The van der Waals surface area contributed by atoms with Crippen LogP contribution >= 0.6 is 0 Å². The van der Waals surface area contributed by atoms with Crippen molar-refractivity contribution in [3.05, 3.63) is 24.0 Å². The van der Waals surface area contributed by atoms with Gasteiger partial charge in [-0.25, -0.2) is 4.98 Å². The maximum absolute atomic E-state index is 12.8. The number of aromatic amines is 1. The van der Waals surface area contributed by atoms with Crippen LogP contribution in [0.15, 0.2) is 18.3 Å². The van der Waals surface area contributed by atoms with Crippen molar-refractivity contribution in [3.63, 3.8) is 0 Å². The van der Waals surface area contributed by atoms with E-state index in [1.54, 1.807) is 6.20 Å². The molecule has 1 atom stereocenters. The lowest BCUT2D eigenvalue weighted by molar-refractivity contribution is -0.121. The predicted molar refractivity (Wildman–Crippen MR) is 146 cm³/mol. The zero-order valence-corrected chi connectivity index (χ0v) is 22.1. The molecule has 0 amide bonds. The van der Waals surface area contributed by atoms with Gasteiger partial charge in [-0.3, -0.25) is 9.89 Å². The molecule has 8 heteroatoms. The molecule has 1 saturated heterocycles. The third-order valence-corrected chi connectivity index (χ3v) is 9.13. The Morgan fingerprint density at radius 1 is 0.946 bits per heavy atom. The summed E-state index contributed by atoms with van der Waals surface area (Å²) in [6.45, 7) is 2.40. The molecule has 200 valence electrons. The highest BCUT2D eigenvalue weighted by atomic mass is 16.1. The van der Waals surface area contributed by atoms with E-state index < -0.39 is 0 Å². The number of rotatable bonds is 10. The SMILES string of the molecule is O=C(CC1CCC(Nc2nccc(Nc3cc(C4CCCC4)[nH]n3)n2)CC1)CC1CCCN(C2CC2)C1. The van der Waals surface area contributed by atoms with Crippen LogP contribution in [0.2, 0.25) is 0 Å². The molecule has 8 nitrogen and oxygen atoms in total. The van der Waals surface area contributed by atoms with E-state index in [1.165, 1.54) is 63.6 Å². The number of anilines is 3. The van der Waals surface area contributed by atoms with E-state index in [1.807, 2.05) is 6.07 Å². The number of ketones is 1. The van der Waals surface area contributed by atoms with Crippen LogP contribution in [0.3, 0.4) is 0 Å². The first-order valence-electron chi connectivity index (χ1n) is 14.9. The molecule has 6 rings (SSSR count). The fourth-order valence-corrected chi connectivity index (χ4v) is 6.93. The van der Waals surface area contributed by atoms with Crippen molar-refractivity contribution >= 4 is 23.4 Å². The third kappa shape index (κ3) is 6.70. The van der Waals surface area contributed by atoms with Crippen molar-refractivity contribution < 1.29 is 4.79 Å². The topological polar surface area (TPSA) is 98.8 Å². The summed E-state index contributed by atoms with van der Waals surface area (Å²) in [5.41, 5.74) is 1.22. The molecule has 2 aromatic rings. The Hall–Kier alpha value is -2.48. The van der Waals surface area contributed by atoms with Gasteiger partial charge >= 0.3 is 0 Å². The van der Waals surface area contributed by atoms with Crippen LogP contribution in [0.5, 0.6) is 0 Å². The van der Waals surface area contributed by atoms with Gasteiger partial charge in [-0.2, -0.15) is 10.1 Å². The monoisotopic (exact) mass is 505 g/mol. The van der Waals surface area contributed by atoms with Gasteiger partial charge in [0, 0.05) is 55.3 Å². The smallest absolute Gasteiger partial charge is 0.224 e. The minimum absolute atomic E-state index is 0.367. The number of Topliss-reactive ketones (excluding diaryl/α,β-unsaturated/α-hetero) is 1. The van der Waals surface area contributed by atoms with Crippen molar-refractivity contribution in [3.8, 4) is 0 Å². The molecule has 4 aliphatic rings. The van der Waals surface area contributed by atoms with Gasteiger partial charge in [0.2, 0.25) is 5.95 Å². The van der Waals surface area contributed by atoms with E-state index in [9.17, 15) is 4.79 Å².